The Morgan fingerprint density at radius 1 is 1.07 bits per heavy atom. The molecule has 152 valence electrons. The smallest absolute Gasteiger partial charge is 0.205 e. The van der Waals surface area contributed by atoms with Gasteiger partial charge < -0.3 is 19.9 Å². The lowest BCUT2D eigenvalue weighted by Crippen LogP contribution is -2.23. The normalized spacial score (nSPS) is 19.8. The minimum Gasteiger partial charge on any atom is -0.497 e. The van der Waals surface area contributed by atoms with Gasteiger partial charge in [0.25, 0.3) is 0 Å². The minimum absolute atomic E-state index is 0.169. The summed E-state index contributed by atoms with van der Waals surface area (Å²) in [5, 5.41) is 9.82. The van der Waals surface area contributed by atoms with Gasteiger partial charge in [0.2, 0.25) is 5.88 Å². The van der Waals surface area contributed by atoms with Crippen LogP contribution in [0.15, 0.2) is 76.9 Å². The molecule has 2 aromatic rings. The summed E-state index contributed by atoms with van der Waals surface area (Å²) >= 11 is 0. The van der Waals surface area contributed by atoms with E-state index in [4.69, 9.17) is 19.9 Å². The largest absolute Gasteiger partial charge is 0.497 e. The Morgan fingerprint density at radius 2 is 1.80 bits per heavy atom. The van der Waals surface area contributed by atoms with Gasteiger partial charge in [-0.15, -0.1) is 0 Å². The van der Waals surface area contributed by atoms with Gasteiger partial charge in [-0.05, 0) is 71.9 Å². The number of allylic oxidation sites excluding steroid dienone is 3. The lowest BCUT2D eigenvalue weighted by molar-refractivity contribution is 0.277. The van der Waals surface area contributed by atoms with Gasteiger partial charge in [-0.2, -0.15) is 5.26 Å². The van der Waals surface area contributed by atoms with E-state index in [9.17, 15) is 5.26 Å². The highest BCUT2D eigenvalue weighted by molar-refractivity contribution is 5.63. The van der Waals surface area contributed by atoms with Crippen LogP contribution in [0.3, 0.4) is 0 Å². The van der Waals surface area contributed by atoms with Gasteiger partial charge in [-0.1, -0.05) is 24.3 Å². The number of nitrogens with two attached hydrogens (primary N) is 1. The van der Waals surface area contributed by atoms with Gasteiger partial charge in [0.05, 0.1) is 14.2 Å². The van der Waals surface area contributed by atoms with E-state index >= 15 is 0 Å². The average Bonchev–Trinajstić information content (AvgIpc) is 2.78. The van der Waals surface area contributed by atoms with Gasteiger partial charge >= 0.3 is 0 Å². The van der Waals surface area contributed by atoms with Crippen LogP contribution in [0.4, 0.5) is 0 Å². The van der Waals surface area contributed by atoms with Crippen molar-refractivity contribution < 1.29 is 14.2 Å². The minimum atomic E-state index is -0.233. The maximum atomic E-state index is 9.82. The van der Waals surface area contributed by atoms with E-state index in [1.165, 1.54) is 0 Å². The zero-order valence-electron chi connectivity index (χ0n) is 17.1. The summed E-state index contributed by atoms with van der Waals surface area (Å²) in [4.78, 5) is 0. The Bertz CT molecular complexity index is 1110. The van der Waals surface area contributed by atoms with Crippen molar-refractivity contribution in [2.24, 2.45) is 5.73 Å². The van der Waals surface area contributed by atoms with Crippen LogP contribution in [0.2, 0.25) is 0 Å². The fourth-order valence-corrected chi connectivity index (χ4v) is 4.17. The molecule has 2 N–H and O–H groups in total. The first kappa shape index (κ1) is 19.7. The fourth-order valence-electron chi connectivity index (χ4n) is 4.17. The van der Waals surface area contributed by atoms with E-state index in [0.717, 1.165) is 58.8 Å². The summed E-state index contributed by atoms with van der Waals surface area (Å²) in [7, 11) is 3.30. The number of benzene rings is 2. The van der Waals surface area contributed by atoms with Gasteiger partial charge in [0.15, 0.2) is 0 Å². The first-order chi connectivity index (χ1) is 14.6. The number of nitriles is 1. The van der Waals surface area contributed by atoms with Crippen LogP contribution in [0.1, 0.15) is 36.3 Å². The van der Waals surface area contributed by atoms with E-state index in [2.05, 4.69) is 12.1 Å². The van der Waals surface area contributed by atoms with Crippen molar-refractivity contribution in [3.05, 3.63) is 88.0 Å². The van der Waals surface area contributed by atoms with E-state index in [1.807, 2.05) is 48.5 Å². The number of rotatable bonds is 4. The molecule has 1 aliphatic carbocycles. The maximum absolute atomic E-state index is 9.82. The molecule has 1 aliphatic heterocycles. The number of nitrogens with zero attached hydrogens (tertiary/aromatic N) is 1. The quantitative estimate of drug-likeness (QED) is 0.778. The van der Waals surface area contributed by atoms with Crippen LogP contribution in [-0.2, 0) is 4.74 Å². The molecule has 30 heavy (non-hydrogen) atoms. The summed E-state index contributed by atoms with van der Waals surface area (Å²) in [5.41, 5.74) is 10.9. The molecule has 0 unspecified atom stereocenters. The maximum Gasteiger partial charge on any atom is 0.205 e. The molecule has 4 rings (SSSR count). The van der Waals surface area contributed by atoms with E-state index in [0.29, 0.717) is 5.57 Å². The SMILES string of the molecule is COc1cccc(/C=C2\CCCC3=C2OC(N)=C(C#N)[C@@H]3c2cccc(OC)c2)c1. The van der Waals surface area contributed by atoms with Gasteiger partial charge in [-0.25, -0.2) is 0 Å². The summed E-state index contributed by atoms with van der Waals surface area (Å²) in [5.74, 6) is 2.28. The lowest BCUT2D eigenvalue weighted by atomic mass is 9.77. The molecule has 2 aromatic carbocycles. The monoisotopic (exact) mass is 400 g/mol. The predicted octanol–water partition coefficient (Wildman–Crippen LogP) is 5.03. The predicted molar refractivity (Wildman–Crippen MR) is 115 cm³/mol. The average molecular weight is 400 g/mol. The third kappa shape index (κ3) is 3.65. The first-order valence-corrected chi connectivity index (χ1v) is 9.94. The molecular weight excluding hydrogens is 376 g/mol. The van der Waals surface area contributed by atoms with Gasteiger partial charge in [0.1, 0.15) is 28.9 Å². The van der Waals surface area contributed by atoms with Crippen molar-refractivity contribution in [2.75, 3.05) is 14.2 Å². The molecule has 0 spiro atoms. The molecule has 0 fully saturated rings. The van der Waals surface area contributed by atoms with Gasteiger partial charge in [-0.3, -0.25) is 0 Å². The summed E-state index contributed by atoms with van der Waals surface area (Å²) in [6, 6.07) is 18.0. The number of methoxy groups -OCH3 is 2. The zero-order valence-corrected chi connectivity index (χ0v) is 17.1. The van der Waals surface area contributed by atoms with Crippen LogP contribution < -0.4 is 15.2 Å². The Balaban J connectivity index is 1.82. The molecule has 5 nitrogen and oxygen atoms in total. The highest BCUT2D eigenvalue weighted by Crippen LogP contribution is 2.47. The first-order valence-electron chi connectivity index (χ1n) is 9.94. The number of hydrogen-bond acceptors (Lipinski definition) is 5. The molecule has 0 bridgehead atoms. The molecule has 0 aromatic heterocycles. The van der Waals surface area contributed by atoms with Crippen molar-refractivity contribution >= 4 is 6.08 Å². The zero-order chi connectivity index (χ0) is 21.1. The molecule has 0 radical (unpaired) electrons. The van der Waals surface area contributed by atoms with E-state index in [-0.39, 0.29) is 11.8 Å². The molecular formula is C25H24N2O3. The van der Waals surface area contributed by atoms with Gasteiger partial charge in [0, 0.05) is 5.92 Å². The molecule has 2 aliphatic rings. The van der Waals surface area contributed by atoms with Crippen LogP contribution in [0, 0.1) is 11.3 Å². The molecule has 1 heterocycles. The second kappa shape index (κ2) is 8.38. The Hall–Kier alpha value is -3.65. The Morgan fingerprint density at radius 3 is 2.53 bits per heavy atom. The van der Waals surface area contributed by atoms with Crippen molar-refractivity contribution in [3.63, 3.8) is 0 Å². The molecule has 0 amide bonds. The number of ether oxygens (including phenoxy) is 3. The van der Waals surface area contributed by atoms with Crippen molar-refractivity contribution in [1.29, 1.82) is 5.26 Å². The number of hydrogen-bond donors (Lipinski definition) is 1. The topological polar surface area (TPSA) is 77.5 Å². The second-order valence-electron chi connectivity index (χ2n) is 7.36. The van der Waals surface area contributed by atoms with Crippen LogP contribution in [0.25, 0.3) is 6.08 Å². The molecule has 1 atom stereocenters. The standard InChI is InChI=1S/C25H24N2O3/c1-28-19-9-3-6-16(13-19)12-18-8-5-11-21-23(17-7-4-10-20(14-17)29-2)22(15-26)25(27)30-24(18)21/h3-4,6-7,9-10,12-14,23H,5,8,11,27H2,1-2H3/b18-12+/t23-/m1/s1. The van der Waals surface area contributed by atoms with E-state index < -0.39 is 0 Å². The summed E-state index contributed by atoms with van der Waals surface area (Å²) in [6.45, 7) is 0. The van der Waals surface area contributed by atoms with Crippen molar-refractivity contribution in [2.45, 2.75) is 25.2 Å². The summed E-state index contributed by atoms with van der Waals surface area (Å²) in [6.07, 6.45) is 4.84. The van der Waals surface area contributed by atoms with Crippen LogP contribution in [-0.4, -0.2) is 14.2 Å². The summed E-state index contributed by atoms with van der Waals surface area (Å²) < 4.78 is 16.8. The third-order valence-corrected chi connectivity index (χ3v) is 5.57. The highest BCUT2D eigenvalue weighted by atomic mass is 16.5. The molecule has 5 heteroatoms. The molecule has 0 saturated heterocycles. The van der Waals surface area contributed by atoms with Crippen molar-refractivity contribution in [3.8, 4) is 17.6 Å². The molecule has 0 saturated carbocycles. The lowest BCUT2D eigenvalue weighted by Gasteiger charge is -2.33. The second-order valence-corrected chi connectivity index (χ2v) is 7.36. The third-order valence-electron chi connectivity index (χ3n) is 5.57. The van der Waals surface area contributed by atoms with Crippen LogP contribution >= 0.6 is 0 Å². The Labute approximate surface area is 176 Å². The van der Waals surface area contributed by atoms with E-state index in [1.54, 1.807) is 14.2 Å². The van der Waals surface area contributed by atoms with Crippen molar-refractivity contribution in [1.82, 2.24) is 0 Å². The Kier molecular flexibility index (Phi) is 5.49. The fraction of sp³-hybridized carbons (Fsp3) is 0.240. The highest BCUT2D eigenvalue weighted by Gasteiger charge is 2.35. The van der Waals surface area contributed by atoms with Crippen LogP contribution in [0.5, 0.6) is 11.5 Å².